The van der Waals surface area contributed by atoms with Gasteiger partial charge in [-0.15, -0.1) is 0 Å². The quantitative estimate of drug-likeness (QED) is 0.439. The first-order valence-corrected chi connectivity index (χ1v) is 12.1. The lowest BCUT2D eigenvalue weighted by molar-refractivity contribution is -0.117. The number of ether oxygens (including phenoxy) is 1. The van der Waals surface area contributed by atoms with Crippen molar-refractivity contribution >= 4 is 11.6 Å². The van der Waals surface area contributed by atoms with Crippen LogP contribution >= 0.6 is 0 Å². The number of carbonyl (C=O) groups is 1. The maximum Gasteiger partial charge on any atom is 0.227 e. The second-order valence-corrected chi connectivity index (χ2v) is 9.77. The summed E-state index contributed by atoms with van der Waals surface area (Å²) < 4.78 is 20.0. The van der Waals surface area contributed by atoms with Crippen LogP contribution in [0.15, 0.2) is 72.8 Å². The molecule has 2 aliphatic rings. The van der Waals surface area contributed by atoms with Crippen LogP contribution in [0.5, 0.6) is 11.5 Å². The lowest BCUT2D eigenvalue weighted by atomic mass is 9.81. The fraction of sp³-hybridized carbons (Fsp3) is 0.345. The average molecular weight is 459 g/mol. The minimum Gasteiger partial charge on any atom is -0.457 e. The second kappa shape index (κ2) is 9.22. The second-order valence-electron chi connectivity index (χ2n) is 9.77. The number of likely N-dealkylation sites (tertiary alicyclic amines) is 1. The Balaban J connectivity index is 1.28. The molecule has 5 heteroatoms. The summed E-state index contributed by atoms with van der Waals surface area (Å²) in [4.78, 5) is 17.2. The fourth-order valence-corrected chi connectivity index (χ4v) is 5.56. The van der Waals surface area contributed by atoms with Gasteiger partial charge in [-0.05, 0) is 81.1 Å². The van der Waals surface area contributed by atoms with Gasteiger partial charge in [-0.3, -0.25) is 9.69 Å². The summed E-state index contributed by atoms with van der Waals surface area (Å²) in [5, 5.41) is 0. The van der Waals surface area contributed by atoms with Gasteiger partial charge in [0.15, 0.2) is 0 Å². The van der Waals surface area contributed by atoms with Gasteiger partial charge in [0.2, 0.25) is 5.91 Å². The van der Waals surface area contributed by atoms with Crippen LogP contribution in [-0.4, -0.2) is 28.9 Å². The lowest BCUT2D eigenvalue weighted by Crippen LogP contribution is -2.56. The van der Waals surface area contributed by atoms with E-state index in [0.29, 0.717) is 18.2 Å². The van der Waals surface area contributed by atoms with Crippen LogP contribution in [0.3, 0.4) is 0 Å². The van der Waals surface area contributed by atoms with E-state index in [9.17, 15) is 9.18 Å². The lowest BCUT2D eigenvalue weighted by Gasteiger charge is -2.48. The third kappa shape index (κ3) is 4.58. The van der Waals surface area contributed by atoms with Gasteiger partial charge in [0.1, 0.15) is 17.3 Å². The molecule has 0 N–H and O–H groups in total. The summed E-state index contributed by atoms with van der Waals surface area (Å²) in [6.45, 7) is 6.02. The molecule has 2 aliphatic heterocycles. The summed E-state index contributed by atoms with van der Waals surface area (Å²) in [6.07, 6.45) is 3.13. The molecule has 0 unspecified atom stereocenters. The van der Waals surface area contributed by atoms with Crippen molar-refractivity contribution in [1.82, 2.24) is 4.90 Å². The number of aryl methyl sites for hydroxylation is 1. The standard InChI is InChI=1S/C29H31FN2O2/c1-21-9-11-26(12-10-21)34-27-8-3-5-23(17-27)20-31-16-15-29(19-22(31)2)14-13-28(33)32(29)25-7-4-6-24(30)18-25/h3-12,17-18,22H,13-16,19-20H2,1-2H3/t22-,29+/m1/s1. The molecular weight excluding hydrogens is 427 g/mol. The molecule has 176 valence electrons. The van der Waals surface area contributed by atoms with Crippen LogP contribution in [0, 0.1) is 12.7 Å². The molecule has 0 aliphatic carbocycles. The Morgan fingerprint density at radius 1 is 1.00 bits per heavy atom. The fourth-order valence-electron chi connectivity index (χ4n) is 5.56. The van der Waals surface area contributed by atoms with E-state index in [2.05, 4.69) is 30.9 Å². The number of anilines is 1. The number of piperidine rings is 1. The molecule has 3 aromatic carbocycles. The van der Waals surface area contributed by atoms with Gasteiger partial charge >= 0.3 is 0 Å². The third-order valence-electron chi connectivity index (χ3n) is 7.30. The highest BCUT2D eigenvalue weighted by atomic mass is 19.1. The molecule has 0 bridgehead atoms. The topological polar surface area (TPSA) is 32.8 Å². The van der Waals surface area contributed by atoms with E-state index in [1.165, 1.54) is 23.3 Å². The number of halogens is 1. The van der Waals surface area contributed by atoms with Crippen molar-refractivity contribution in [2.24, 2.45) is 0 Å². The molecule has 2 atom stereocenters. The number of benzene rings is 3. The first kappa shape index (κ1) is 22.6. The summed E-state index contributed by atoms with van der Waals surface area (Å²) in [5.74, 6) is 1.47. The van der Waals surface area contributed by atoms with Gasteiger partial charge in [-0.2, -0.15) is 0 Å². The molecule has 0 aromatic heterocycles. The van der Waals surface area contributed by atoms with Crippen molar-refractivity contribution in [1.29, 1.82) is 0 Å². The molecule has 0 saturated carbocycles. The summed E-state index contributed by atoms with van der Waals surface area (Å²) >= 11 is 0. The smallest absolute Gasteiger partial charge is 0.227 e. The SMILES string of the molecule is Cc1ccc(Oc2cccc(CN3CC[C@@]4(CCC(=O)N4c4cccc(F)c4)C[C@H]3C)c2)cc1. The molecule has 1 spiro atoms. The molecule has 4 nitrogen and oxygen atoms in total. The summed E-state index contributed by atoms with van der Waals surface area (Å²) in [7, 11) is 0. The van der Waals surface area contributed by atoms with Gasteiger partial charge in [0, 0.05) is 31.2 Å². The molecule has 0 radical (unpaired) electrons. The number of amides is 1. The minimum absolute atomic E-state index is 0.104. The van der Waals surface area contributed by atoms with Crippen LogP contribution in [0.4, 0.5) is 10.1 Å². The van der Waals surface area contributed by atoms with Crippen molar-refractivity contribution < 1.29 is 13.9 Å². The molecule has 3 aromatic rings. The van der Waals surface area contributed by atoms with Gasteiger partial charge in [0.25, 0.3) is 0 Å². The predicted molar refractivity (Wildman–Crippen MR) is 133 cm³/mol. The highest BCUT2D eigenvalue weighted by Crippen LogP contribution is 2.44. The van der Waals surface area contributed by atoms with Gasteiger partial charge in [-0.1, -0.05) is 35.9 Å². The minimum atomic E-state index is -0.300. The summed E-state index contributed by atoms with van der Waals surface area (Å²) in [5.41, 5.74) is 2.87. The Morgan fingerprint density at radius 3 is 2.56 bits per heavy atom. The maximum absolute atomic E-state index is 13.9. The number of hydrogen-bond donors (Lipinski definition) is 0. The van der Waals surface area contributed by atoms with E-state index in [1.54, 1.807) is 6.07 Å². The molecule has 2 saturated heterocycles. The van der Waals surface area contributed by atoms with Crippen LogP contribution in [0.1, 0.15) is 43.7 Å². The van der Waals surface area contributed by atoms with Gasteiger partial charge in [0.05, 0.1) is 5.54 Å². The Bertz CT molecular complexity index is 1180. The van der Waals surface area contributed by atoms with Crippen LogP contribution in [-0.2, 0) is 11.3 Å². The summed E-state index contributed by atoms with van der Waals surface area (Å²) in [6, 6.07) is 23.1. The van der Waals surface area contributed by atoms with E-state index in [-0.39, 0.29) is 17.3 Å². The molecule has 5 rings (SSSR count). The van der Waals surface area contributed by atoms with Gasteiger partial charge in [-0.25, -0.2) is 4.39 Å². The maximum atomic E-state index is 13.9. The van der Waals surface area contributed by atoms with Gasteiger partial charge < -0.3 is 9.64 Å². The number of rotatable bonds is 5. The Morgan fingerprint density at radius 2 is 1.79 bits per heavy atom. The normalized spacial score (nSPS) is 23.0. The van der Waals surface area contributed by atoms with E-state index in [1.807, 2.05) is 47.4 Å². The van der Waals surface area contributed by atoms with Crippen LogP contribution < -0.4 is 9.64 Å². The number of carbonyl (C=O) groups excluding carboxylic acids is 1. The first-order chi connectivity index (χ1) is 16.4. The largest absolute Gasteiger partial charge is 0.457 e. The Kier molecular flexibility index (Phi) is 6.13. The van der Waals surface area contributed by atoms with Crippen molar-refractivity contribution in [2.45, 2.75) is 57.7 Å². The van der Waals surface area contributed by atoms with Crippen molar-refractivity contribution in [2.75, 3.05) is 11.4 Å². The van der Waals surface area contributed by atoms with E-state index in [0.717, 1.165) is 43.9 Å². The molecule has 2 fully saturated rings. The molecule has 34 heavy (non-hydrogen) atoms. The average Bonchev–Trinajstić information content (AvgIpc) is 3.13. The van der Waals surface area contributed by atoms with Crippen LogP contribution in [0.25, 0.3) is 0 Å². The third-order valence-corrected chi connectivity index (χ3v) is 7.30. The first-order valence-electron chi connectivity index (χ1n) is 12.1. The van der Waals surface area contributed by atoms with Crippen LogP contribution in [0.2, 0.25) is 0 Å². The zero-order valence-electron chi connectivity index (χ0n) is 19.8. The Hall–Kier alpha value is -3.18. The van der Waals surface area contributed by atoms with E-state index >= 15 is 0 Å². The van der Waals surface area contributed by atoms with Crippen molar-refractivity contribution in [3.05, 3.63) is 89.7 Å². The molecule has 2 heterocycles. The van der Waals surface area contributed by atoms with Crippen molar-refractivity contribution in [3.63, 3.8) is 0 Å². The predicted octanol–water partition coefficient (Wildman–Crippen LogP) is 6.48. The number of nitrogens with zero attached hydrogens (tertiary/aromatic N) is 2. The molecule has 1 amide bonds. The monoisotopic (exact) mass is 458 g/mol. The van der Waals surface area contributed by atoms with E-state index in [4.69, 9.17) is 4.74 Å². The highest BCUT2D eigenvalue weighted by Gasteiger charge is 2.49. The van der Waals surface area contributed by atoms with Crippen molar-refractivity contribution in [3.8, 4) is 11.5 Å². The number of hydrogen-bond acceptors (Lipinski definition) is 3. The zero-order chi connectivity index (χ0) is 23.7. The zero-order valence-corrected chi connectivity index (χ0v) is 19.8. The van der Waals surface area contributed by atoms with E-state index < -0.39 is 0 Å². The highest BCUT2D eigenvalue weighted by molar-refractivity contribution is 5.97. The Labute approximate surface area is 201 Å². The molecular formula is C29H31FN2O2.